The van der Waals surface area contributed by atoms with E-state index in [9.17, 15) is 9.59 Å². The molecule has 0 spiro atoms. The van der Waals surface area contributed by atoms with E-state index < -0.39 is 0 Å². The molecule has 0 aromatic carbocycles. The van der Waals surface area contributed by atoms with Crippen molar-refractivity contribution in [1.29, 1.82) is 0 Å². The summed E-state index contributed by atoms with van der Waals surface area (Å²) in [7, 11) is 1.61. The summed E-state index contributed by atoms with van der Waals surface area (Å²) in [5, 5.41) is 12.9. The first-order chi connectivity index (χ1) is 12.4. The maximum atomic E-state index is 12.9. The minimum absolute atomic E-state index is 0.0406. The zero-order chi connectivity index (χ0) is 18.4. The van der Waals surface area contributed by atoms with Gasteiger partial charge < -0.3 is 4.90 Å². The molecule has 3 heterocycles. The molecule has 2 aliphatic heterocycles. The Morgan fingerprint density at radius 2 is 2.00 bits per heavy atom. The van der Waals surface area contributed by atoms with Gasteiger partial charge in [-0.05, 0) is 24.7 Å². The SMILES string of the molecule is CC(C)c1n[nH]c([C@H]2CN(C(=O)C3=NN(C)C(=O)CC3)C[C@@H]2C2CC2)n1. The summed E-state index contributed by atoms with van der Waals surface area (Å²) in [6, 6.07) is 0. The van der Waals surface area contributed by atoms with Crippen LogP contribution >= 0.6 is 0 Å². The maximum Gasteiger partial charge on any atom is 0.270 e. The third kappa shape index (κ3) is 3.12. The normalized spacial score (nSPS) is 26.6. The van der Waals surface area contributed by atoms with Crippen LogP contribution in [0.3, 0.4) is 0 Å². The van der Waals surface area contributed by atoms with Gasteiger partial charge in [0.25, 0.3) is 5.91 Å². The lowest BCUT2D eigenvalue weighted by Crippen LogP contribution is -2.39. The molecule has 4 rings (SSSR count). The van der Waals surface area contributed by atoms with Crippen LogP contribution in [0.25, 0.3) is 0 Å². The maximum absolute atomic E-state index is 12.9. The molecule has 2 amide bonds. The molecule has 3 aliphatic rings. The van der Waals surface area contributed by atoms with Gasteiger partial charge in [-0.15, -0.1) is 0 Å². The smallest absolute Gasteiger partial charge is 0.270 e. The van der Waals surface area contributed by atoms with E-state index in [0.717, 1.165) is 18.2 Å². The molecule has 1 saturated carbocycles. The lowest BCUT2D eigenvalue weighted by atomic mass is 9.91. The summed E-state index contributed by atoms with van der Waals surface area (Å²) >= 11 is 0. The Morgan fingerprint density at radius 1 is 1.23 bits per heavy atom. The summed E-state index contributed by atoms with van der Waals surface area (Å²) < 4.78 is 0. The highest BCUT2D eigenvalue weighted by Crippen LogP contribution is 2.47. The first-order valence-corrected chi connectivity index (χ1v) is 9.49. The fourth-order valence-electron chi connectivity index (χ4n) is 4.00. The summed E-state index contributed by atoms with van der Waals surface area (Å²) in [5.74, 6) is 3.23. The number of nitrogens with one attached hydrogen (secondary N) is 1. The van der Waals surface area contributed by atoms with Crippen molar-refractivity contribution in [2.45, 2.75) is 51.4 Å². The minimum Gasteiger partial charge on any atom is -0.336 e. The van der Waals surface area contributed by atoms with Crippen molar-refractivity contribution in [3.05, 3.63) is 11.6 Å². The number of H-pyrrole nitrogens is 1. The zero-order valence-electron chi connectivity index (χ0n) is 15.6. The van der Waals surface area contributed by atoms with E-state index in [1.165, 1.54) is 17.9 Å². The van der Waals surface area contributed by atoms with E-state index in [1.54, 1.807) is 7.05 Å². The van der Waals surface area contributed by atoms with Crippen LogP contribution in [0.4, 0.5) is 0 Å². The van der Waals surface area contributed by atoms with Gasteiger partial charge in [-0.3, -0.25) is 14.7 Å². The Balaban J connectivity index is 1.53. The lowest BCUT2D eigenvalue weighted by molar-refractivity contribution is -0.130. The second kappa shape index (κ2) is 6.48. The highest BCUT2D eigenvalue weighted by molar-refractivity contribution is 6.39. The molecule has 0 bridgehead atoms. The van der Waals surface area contributed by atoms with Gasteiger partial charge in [-0.1, -0.05) is 13.8 Å². The van der Waals surface area contributed by atoms with Gasteiger partial charge in [0, 0.05) is 44.8 Å². The Labute approximate surface area is 153 Å². The average Bonchev–Trinajstić information content (AvgIpc) is 3.17. The molecule has 8 heteroatoms. The third-order valence-electron chi connectivity index (χ3n) is 5.72. The molecule has 2 fully saturated rings. The summed E-state index contributed by atoms with van der Waals surface area (Å²) in [6.45, 7) is 5.54. The Morgan fingerprint density at radius 3 is 2.62 bits per heavy atom. The first-order valence-electron chi connectivity index (χ1n) is 9.49. The van der Waals surface area contributed by atoms with E-state index in [2.05, 4.69) is 29.1 Å². The van der Waals surface area contributed by atoms with Crippen LogP contribution in [0.1, 0.15) is 63.0 Å². The van der Waals surface area contributed by atoms with E-state index >= 15 is 0 Å². The van der Waals surface area contributed by atoms with E-state index in [4.69, 9.17) is 4.98 Å². The van der Waals surface area contributed by atoms with Gasteiger partial charge >= 0.3 is 0 Å². The molecule has 0 radical (unpaired) electrons. The molecular weight excluding hydrogens is 332 g/mol. The number of likely N-dealkylation sites (tertiary alicyclic amines) is 1. The number of amides is 2. The highest BCUT2D eigenvalue weighted by atomic mass is 16.2. The fraction of sp³-hybridized carbons (Fsp3) is 0.722. The van der Waals surface area contributed by atoms with Gasteiger partial charge in [-0.2, -0.15) is 10.2 Å². The molecule has 1 aromatic rings. The quantitative estimate of drug-likeness (QED) is 0.882. The van der Waals surface area contributed by atoms with Crippen molar-refractivity contribution in [2.75, 3.05) is 20.1 Å². The predicted molar refractivity (Wildman–Crippen MR) is 95.4 cm³/mol. The van der Waals surface area contributed by atoms with Gasteiger partial charge in [-0.25, -0.2) is 9.99 Å². The number of hydrogen-bond acceptors (Lipinski definition) is 5. The highest BCUT2D eigenvalue weighted by Gasteiger charge is 2.46. The van der Waals surface area contributed by atoms with Crippen molar-refractivity contribution < 1.29 is 9.59 Å². The van der Waals surface area contributed by atoms with Crippen LogP contribution in [-0.2, 0) is 9.59 Å². The third-order valence-corrected chi connectivity index (χ3v) is 5.72. The number of hydrazone groups is 1. The second-order valence-electron chi connectivity index (χ2n) is 8.02. The van der Waals surface area contributed by atoms with Crippen LogP contribution in [0, 0.1) is 11.8 Å². The number of hydrogen-bond donors (Lipinski definition) is 1. The van der Waals surface area contributed by atoms with Crippen molar-refractivity contribution >= 4 is 17.5 Å². The largest absolute Gasteiger partial charge is 0.336 e. The fourth-order valence-corrected chi connectivity index (χ4v) is 4.00. The van der Waals surface area contributed by atoms with E-state index in [0.29, 0.717) is 36.9 Å². The molecule has 1 aromatic heterocycles. The van der Waals surface area contributed by atoms with Crippen LogP contribution in [0.5, 0.6) is 0 Å². The monoisotopic (exact) mass is 358 g/mol. The van der Waals surface area contributed by atoms with Gasteiger partial charge in [0.05, 0.1) is 0 Å². The van der Waals surface area contributed by atoms with Crippen LogP contribution < -0.4 is 0 Å². The molecule has 140 valence electrons. The lowest BCUT2D eigenvalue weighted by Gasteiger charge is -2.22. The minimum atomic E-state index is -0.0421. The molecule has 1 saturated heterocycles. The number of rotatable bonds is 4. The van der Waals surface area contributed by atoms with Crippen molar-refractivity contribution in [3.63, 3.8) is 0 Å². The number of carbonyl (C=O) groups excluding carboxylic acids is 2. The standard InChI is InChI=1S/C18H26N6O2/c1-10(2)16-19-17(21-20-16)13-9-24(8-12(13)11-4-5-11)18(26)14-6-7-15(25)23(3)22-14/h10-13H,4-9H2,1-3H3,(H,19,20,21)/t12-,13+/m1/s1. The van der Waals surface area contributed by atoms with Crippen LogP contribution in [0.15, 0.2) is 5.10 Å². The molecule has 2 atom stereocenters. The Hall–Kier alpha value is -2.25. The van der Waals surface area contributed by atoms with Crippen molar-refractivity contribution in [3.8, 4) is 0 Å². The van der Waals surface area contributed by atoms with Crippen molar-refractivity contribution in [1.82, 2.24) is 25.1 Å². The first kappa shape index (κ1) is 17.2. The number of aromatic amines is 1. The Kier molecular flexibility index (Phi) is 4.28. The van der Waals surface area contributed by atoms with E-state index in [-0.39, 0.29) is 23.7 Å². The average molecular weight is 358 g/mol. The number of nitrogens with zero attached hydrogens (tertiary/aromatic N) is 5. The molecular formula is C18H26N6O2. The molecule has 1 aliphatic carbocycles. The van der Waals surface area contributed by atoms with Crippen molar-refractivity contribution in [2.24, 2.45) is 16.9 Å². The van der Waals surface area contributed by atoms with Crippen LogP contribution in [-0.4, -0.2) is 62.8 Å². The summed E-state index contributed by atoms with van der Waals surface area (Å²) in [4.78, 5) is 31.1. The van der Waals surface area contributed by atoms with Gasteiger partial charge in [0.1, 0.15) is 11.5 Å². The second-order valence-corrected chi connectivity index (χ2v) is 8.02. The predicted octanol–water partition coefficient (Wildman–Crippen LogP) is 1.49. The molecule has 0 unspecified atom stereocenters. The van der Waals surface area contributed by atoms with Crippen LogP contribution in [0.2, 0.25) is 0 Å². The van der Waals surface area contributed by atoms with Gasteiger partial charge in [0.15, 0.2) is 5.82 Å². The molecule has 8 nitrogen and oxygen atoms in total. The summed E-state index contributed by atoms with van der Waals surface area (Å²) in [6.07, 6.45) is 3.24. The number of aromatic nitrogens is 3. The molecule has 1 N–H and O–H groups in total. The van der Waals surface area contributed by atoms with E-state index in [1.807, 2.05) is 4.90 Å². The zero-order valence-corrected chi connectivity index (χ0v) is 15.6. The summed E-state index contributed by atoms with van der Waals surface area (Å²) in [5.41, 5.74) is 0.489. The topological polar surface area (TPSA) is 94.5 Å². The molecule has 26 heavy (non-hydrogen) atoms. The number of carbonyl (C=O) groups is 2. The Bertz CT molecular complexity index is 751. The van der Waals surface area contributed by atoms with Gasteiger partial charge in [0.2, 0.25) is 5.91 Å².